The molecule has 4 bridgehead atoms. The van der Waals surface area contributed by atoms with Gasteiger partial charge in [-0.25, -0.2) is 9.97 Å². The van der Waals surface area contributed by atoms with E-state index in [0.717, 1.165) is 0 Å². The van der Waals surface area contributed by atoms with Gasteiger partial charge in [0.2, 0.25) is 0 Å². The quantitative estimate of drug-likeness (QED) is 0.244. The number of H-pyrrole nitrogens is 2. The van der Waals surface area contributed by atoms with E-state index in [2.05, 4.69) is 19.9 Å². The monoisotopic (exact) mass is 310 g/mol. The fraction of sp³-hybridized carbons (Fsp3) is 0.333. The number of aromatic amines is 2. The first kappa shape index (κ1) is 14.5. The first-order chi connectivity index (χ1) is 10.4. The maximum absolute atomic E-state index is 9.93. The molecule has 0 aliphatic carbocycles. The molecule has 22 heavy (non-hydrogen) atoms. The van der Waals surface area contributed by atoms with Gasteiger partial charge in [-0.15, -0.1) is 0 Å². The second-order valence-corrected chi connectivity index (χ2v) is 4.93. The summed E-state index contributed by atoms with van der Waals surface area (Å²) in [6.45, 7) is 0. The maximum atomic E-state index is 9.93. The van der Waals surface area contributed by atoms with Crippen LogP contribution in [-0.4, -0.2) is 75.0 Å². The highest BCUT2D eigenvalue weighted by atomic mass is 16.4. The van der Waals surface area contributed by atoms with E-state index in [0.29, 0.717) is 0 Å². The molecular weight excluding hydrogens is 296 g/mol. The average Bonchev–Trinajstić information content (AvgIpc) is 3.18. The van der Waals surface area contributed by atoms with Gasteiger partial charge in [-0.1, -0.05) is 0 Å². The van der Waals surface area contributed by atoms with Crippen LogP contribution < -0.4 is 10.7 Å². The Morgan fingerprint density at radius 1 is 0.727 bits per heavy atom. The third-order valence-electron chi connectivity index (χ3n) is 3.49. The zero-order valence-corrected chi connectivity index (χ0v) is 11.0. The molecule has 0 fully saturated rings. The lowest BCUT2D eigenvalue weighted by atomic mass is 10.00. The van der Waals surface area contributed by atoms with Crippen molar-refractivity contribution in [2.24, 2.45) is 0 Å². The number of nitrogens with zero attached hydrogens (tertiary/aromatic N) is 2. The van der Waals surface area contributed by atoms with Crippen LogP contribution in [0.5, 0.6) is 0 Å². The molecule has 2 aromatic heterocycles. The van der Waals surface area contributed by atoms with Crippen LogP contribution in [-0.2, 0) is 0 Å². The molecule has 10 heteroatoms. The molecule has 0 aromatic carbocycles. The topological polar surface area (TPSA) is 179 Å². The van der Waals surface area contributed by atoms with E-state index >= 15 is 0 Å². The van der Waals surface area contributed by atoms with Crippen molar-refractivity contribution in [2.45, 2.75) is 24.4 Å². The Hall–Kier alpha value is -2.40. The van der Waals surface area contributed by atoms with Gasteiger partial charge in [0.25, 0.3) is 0 Å². The molecule has 0 radical (unpaired) electrons. The summed E-state index contributed by atoms with van der Waals surface area (Å²) in [6, 6.07) is 0. The maximum Gasteiger partial charge on any atom is 0.174 e. The standard InChI is InChI=1S/C12H14N4O6/c17-5-3-1-13-11(15-3)12-14-2-4(16-12)6(18)8(20)10(22)9(21)7(5)19/h1-2,7-10,15-22H. The Balaban J connectivity index is 2.40. The largest absolute Gasteiger partial charge is 0.507 e. The highest BCUT2D eigenvalue weighted by Gasteiger charge is 2.35. The van der Waals surface area contributed by atoms with Crippen LogP contribution in [0.2, 0.25) is 0 Å². The van der Waals surface area contributed by atoms with Crippen molar-refractivity contribution in [1.82, 2.24) is 19.9 Å². The van der Waals surface area contributed by atoms with Crippen molar-refractivity contribution in [3.63, 3.8) is 0 Å². The van der Waals surface area contributed by atoms with E-state index < -0.39 is 35.9 Å². The number of fused-ring (bicyclic) bond motifs is 4. The first-order valence-electron chi connectivity index (χ1n) is 6.35. The lowest BCUT2D eigenvalue weighted by Crippen LogP contribution is -2.47. The minimum absolute atomic E-state index is 0.00923. The number of aliphatic hydroxyl groups is 6. The van der Waals surface area contributed by atoms with Crippen LogP contribution in [0.25, 0.3) is 11.5 Å². The van der Waals surface area contributed by atoms with E-state index in [1.807, 2.05) is 0 Å². The first-order valence-corrected chi connectivity index (χ1v) is 6.35. The third kappa shape index (κ3) is 2.14. The number of imidazole rings is 2. The lowest BCUT2D eigenvalue weighted by Gasteiger charge is -2.25. The lowest BCUT2D eigenvalue weighted by molar-refractivity contribution is -0.0848. The van der Waals surface area contributed by atoms with Crippen molar-refractivity contribution in [3.05, 3.63) is 34.1 Å². The molecule has 1 aliphatic rings. The summed E-state index contributed by atoms with van der Waals surface area (Å²) in [5, 5.41) is 59.3. The average molecular weight is 310 g/mol. The molecule has 1 aliphatic heterocycles. The second kappa shape index (κ2) is 5.10. The summed E-state index contributed by atoms with van der Waals surface area (Å²) in [7, 11) is 0. The van der Waals surface area contributed by atoms with Gasteiger partial charge < -0.3 is 40.6 Å². The minimum atomic E-state index is -1.95. The fourth-order valence-corrected chi connectivity index (χ4v) is 2.16. The molecule has 10 nitrogen and oxygen atoms in total. The molecule has 3 rings (SSSR count). The summed E-state index contributed by atoms with van der Waals surface area (Å²) < 4.78 is 0. The third-order valence-corrected chi connectivity index (χ3v) is 3.49. The fourth-order valence-electron chi connectivity index (χ4n) is 2.16. The number of hydrogen-bond donors (Lipinski definition) is 8. The summed E-state index contributed by atoms with van der Waals surface area (Å²) >= 11 is 0. The van der Waals surface area contributed by atoms with Crippen molar-refractivity contribution in [2.75, 3.05) is 0 Å². The molecule has 0 amide bonds. The molecule has 4 unspecified atom stereocenters. The van der Waals surface area contributed by atoms with Gasteiger partial charge in [-0.3, -0.25) is 0 Å². The van der Waals surface area contributed by atoms with Crippen LogP contribution in [0.1, 0.15) is 0 Å². The normalized spacial score (nSPS) is 29.1. The molecule has 118 valence electrons. The zero-order chi connectivity index (χ0) is 16.0. The molecule has 8 N–H and O–H groups in total. The summed E-state index contributed by atoms with van der Waals surface area (Å²) in [4.78, 5) is 13.2. The van der Waals surface area contributed by atoms with Gasteiger partial charge in [-0.05, 0) is 0 Å². The second-order valence-electron chi connectivity index (χ2n) is 4.93. The van der Waals surface area contributed by atoms with E-state index in [4.69, 9.17) is 0 Å². The molecule has 3 heterocycles. The van der Waals surface area contributed by atoms with Crippen molar-refractivity contribution >= 4 is 11.5 Å². The SMILES string of the molecule is OC1=c2cnc([nH]2)=c2ncc([nH]2)=C(O)C(O)C(O)C(O)C1O. The van der Waals surface area contributed by atoms with Gasteiger partial charge in [0, 0.05) is 0 Å². The molecule has 4 atom stereocenters. The van der Waals surface area contributed by atoms with Crippen LogP contribution >= 0.6 is 0 Å². The van der Waals surface area contributed by atoms with Gasteiger partial charge >= 0.3 is 0 Å². The van der Waals surface area contributed by atoms with Gasteiger partial charge in [0.05, 0.1) is 23.1 Å². The molecule has 0 saturated heterocycles. The number of rotatable bonds is 0. The van der Waals surface area contributed by atoms with Crippen LogP contribution in [0.15, 0.2) is 12.4 Å². The Bertz CT molecular complexity index is 828. The van der Waals surface area contributed by atoms with E-state index in [9.17, 15) is 30.6 Å². The van der Waals surface area contributed by atoms with Crippen LogP contribution in [0.4, 0.5) is 0 Å². The van der Waals surface area contributed by atoms with Crippen LogP contribution in [0, 0.1) is 11.0 Å². The summed E-state index contributed by atoms with van der Waals surface area (Å²) in [5.74, 6) is -1.35. The molecular formula is C12H14N4O6. The van der Waals surface area contributed by atoms with E-state index in [1.165, 1.54) is 12.4 Å². The highest BCUT2D eigenvalue weighted by Crippen LogP contribution is 2.14. The van der Waals surface area contributed by atoms with Gasteiger partial charge in [-0.2, -0.15) is 0 Å². The van der Waals surface area contributed by atoms with Gasteiger partial charge in [0.15, 0.2) is 11.0 Å². The summed E-state index contributed by atoms with van der Waals surface area (Å²) in [6.07, 6.45) is -5.30. The Morgan fingerprint density at radius 2 is 1.09 bits per heavy atom. The summed E-state index contributed by atoms with van der Waals surface area (Å²) in [5.41, 5.74) is 0.413. The highest BCUT2D eigenvalue weighted by molar-refractivity contribution is 5.41. The van der Waals surface area contributed by atoms with Crippen LogP contribution in [0.3, 0.4) is 0 Å². The number of aromatic nitrogens is 4. The molecule has 2 aromatic rings. The Morgan fingerprint density at radius 3 is 1.45 bits per heavy atom. The zero-order valence-electron chi connectivity index (χ0n) is 11.0. The molecule has 0 spiro atoms. The van der Waals surface area contributed by atoms with Crippen molar-refractivity contribution in [3.8, 4) is 0 Å². The van der Waals surface area contributed by atoms with E-state index in [-0.39, 0.29) is 21.7 Å². The number of aliphatic hydroxyl groups excluding tert-OH is 6. The molecule has 0 saturated carbocycles. The Kier molecular flexibility index (Phi) is 3.37. The van der Waals surface area contributed by atoms with Crippen molar-refractivity contribution in [1.29, 1.82) is 0 Å². The number of hydrogen-bond acceptors (Lipinski definition) is 8. The predicted molar refractivity (Wildman–Crippen MR) is 70.2 cm³/mol. The Labute approximate surface area is 121 Å². The van der Waals surface area contributed by atoms with Gasteiger partial charge in [0.1, 0.15) is 35.9 Å². The number of nitrogens with one attached hydrogen (secondary N) is 2. The van der Waals surface area contributed by atoms with E-state index in [1.54, 1.807) is 0 Å². The van der Waals surface area contributed by atoms with Crippen molar-refractivity contribution < 1.29 is 30.6 Å². The predicted octanol–water partition coefficient (Wildman–Crippen LogP) is -3.79. The smallest absolute Gasteiger partial charge is 0.174 e. The minimum Gasteiger partial charge on any atom is -0.507 e.